The van der Waals surface area contributed by atoms with E-state index < -0.39 is 48.2 Å². The number of aryl methyl sites for hydroxylation is 1. The summed E-state index contributed by atoms with van der Waals surface area (Å²) in [6.45, 7) is 3.72. The van der Waals surface area contributed by atoms with Gasteiger partial charge in [0.2, 0.25) is 18.1 Å². The van der Waals surface area contributed by atoms with Gasteiger partial charge in [-0.1, -0.05) is 70.3 Å². The van der Waals surface area contributed by atoms with E-state index in [1.165, 1.54) is 25.3 Å². The van der Waals surface area contributed by atoms with Crippen molar-refractivity contribution in [2.45, 2.75) is 109 Å². The Morgan fingerprint density at radius 2 is 1.58 bits per heavy atom. The minimum Gasteiger partial charge on any atom is -0.339 e. The first-order valence-corrected chi connectivity index (χ1v) is 16.1. The summed E-state index contributed by atoms with van der Waals surface area (Å²) in [7, 11) is 0.928. The maximum Gasteiger partial charge on any atom is 0.287 e. The number of aromatic nitrogens is 2. The van der Waals surface area contributed by atoms with E-state index in [9.17, 15) is 27.6 Å². The van der Waals surface area contributed by atoms with Crippen molar-refractivity contribution < 1.29 is 31.9 Å². The average Bonchev–Trinajstić information content (AvgIpc) is 3.54. The van der Waals surface area contributed by atoms with Crippen LogP contribution in [0, 0.1) is 23.6 Å². The standard InChI is InChI=1S/C33H45F4N5O3/c1-4-42-26(17-18-38-42)31(43)40-28(27(21-11-7-5-8-12-21)22-13-9-6-10-14-22)32(44)39-25-16-15-23(19-24(25)34)20(2)33(45)41(3)30(37)29(35)36/h15-22,27-30H,4-14H2,1-3H3,(H,39,44)(H,40,43). The Morgan fingerprint density at radius 1 is 0.978 bits per heavy atom. The highest BCUT2D eigenvalue weighted by atomic mass is 19.3. The van der Waals surface area contributed by atoms with Crippen LogP contribution in [0.25, 0.3) is 0 Å². The van der Waals surface area contributed by atoms with Crippen molar-refractivity contribution in [3.63, 3.8) is 0 Å². The van der Waals surface area contributed by atoms with Gasteiger partial charge in [-0.25, -0.2) is 17.6 Å². The molecule has 2 aliphatic rings. The van der Waals surface area contributed by atoms with E-state index in [0.717, 1.165) is 77.3 Å². The number of alkyl halides is 3. The van der Waals surface area contributed by atoms with E-state index in [-0.39, 0.29) is 29.0 Å². The minimum atomic E-state index is -3.37. The van der Waals surface area contributed by atoms with Crippen molar-refractivity contribution in [2.24, 2.45) is 17.8 Å². The maximum absolute atomic E-state index is 15.4. The number of likely N-dealkylation sites (N-methyl/N-ethyl adjacent to an activating group) is 1. The highest BCUT2D eigenvalue weighted by Gasteiger charge is 2.41. The fourth-order valence-corrected chi connectivity index (χ4v) is 7.15. The summed E-state index contributed by atoms with van der Waals surface area (Å²) in [6.07, 6.45) is 5.72. The summed E-state index contributed by atoms with van der Waals surface area (Å²) >= 11 is 0. The van der Waals surface area contributed by atoms with Crippen LogP contribution in [0.2, 0.25) is 0 Å². The summed E-state index contributed by atoms with van der Waals surface area (Å²) < 4.78 is 56.4. The number of rotatable bonds is 12. The smallest absolute Gasteiger partial charge is 0.287 e. The average molecular weight is 636 g/mol. The fraction of sp³-hybridized carbons (Fsp3) is 0.636. The van der Waals surface area contributed by atoms with Crippen LogP contribution < -0.4 is 10.6 Å². The second kappa shape index (κ2) is 15.7. The van der Waals surface area contributed by atoms with Crippen LogP contribution >= 0.6 is 0 Å². The fourth-order valence-electron chi connectivity index (χ4n) is 7.15. The van der Waals surface area contributed by atoms with Gasteiger partial charge in [0.05, 0.1) is 11.6 Å². The molecule has 8 nitrogen and oxygen atoms in total. The van der Waals surface area contributed by atoms with Gasteiger partial charge in [-0.05, 0) is 55.4 Å². The molecule has 2 N–H and O–H groups in total. The molecule has 0 bridgehead atoms. The predicted molar refractivity (Wildman–Crippen MR) is 163 cm³/mol. The first kappa shape index (κ1) is 34.4. The summed E-state index contributed by atoms with van der Waals surface area (Å²) in [6, 6.07) is 4.42. The number of carbonyl (C=O) groups excluding carboxylic acids is 3. The predicted octanol–water partition coefficient (Wildman–Crippen LogP) is 6.68. The van der Waals surface area contributed by atoms with Crippen LogP contribution in [0.4, 0.5) is 23.2 Å². The third-order valence-electron chi connectivity index (χ3n) is 9.64. The first-order valence-electron chi connectivity index (χ1n) is 16.1. The number of nitrogens with one attached hydrogen (secondary N) is 2. The van der Waals surface area contributed by atoms with Crippen LogP contribution in [0.5, 0.6) is 0 Å². The van der Waals surface area contributed by atoms with Crippen molar-refractivity contribution in [2.75, 3.05) is 12.4 Å². The Kier molecular flexibility index (Phi) is 12.0. The molecule has 2 aromatic rings. The van der Waals surface area contributed by atoms with Gasteiger partial charge < -0.3 is 15.5 Å². The normalized spacial score (nSPS) is 18.4. The van der Waals surface area contributed by atoms with Crippen LogP contribution in [0.15, 0.2) is 30.5 Å². The SMILES string of the molecule is CCn1nccc1C(=O)NC(C(=O)Nc1ccc(C(C)C(=O)N(C)C(F)C(F)F)cc1F)C(C1CCCCC1)C1CCCCC1. The van der Waals surface area contributed by atoms with Crippen molar-refractivity contribution in [1.82, 2.24) is 20.0 Å². The van der Waals surface area contributed by atoms with E-state index in [1.54, 1.807) is 10.7 Å². The number of halogens is 4. The van der Waals surface area contributed by atoms with Gasteiger partial charge >= 0.3 is 0 Å². The molecule has 3 amide bonds. The molecule has 0 radical (unpaired) electrons. The molecule has 0 saturated heterocycles. The molecule has 3 unspecified atom stereocenters. The minimum absolute atomic E-state index is 0.133. The second-order valence-electron chi connectivity index (χ2n) is 12.5. The van der Waals surface area contributed by atoms with Crippen LogP contribution in [0.1, 0.15) is 100 Å². The van der Waals surface area contributed by atoms with Gasteiger partial charge in [0.25, 0.3) is 12.3 Å². The lowest BCUT2D eigenvalue weighted by Crippen LogP contribution is -2.53. The quantitative estimate of drug-likeness (QED) is 0.201. The lowest BCUT2D eigenvalue weighted by Gasteiger charge is -2.42. The number of hydrogen-bond donors (Lipinski definition) is 2. The summed E-state index contributed by atoms with van der Waals surface area (Å²) in [4.78, 5) is 40.6. The molecule has 1 aromatic heterocycles. The van der Waals surface area contributed by atoms with Gasteiger partial charge in [-0.15, -0.1) is 0 Å². The van der Waals surface area contributed by atoms with E-state index in [2.05, 4.69) is 15.7 Å². The summed E-state index contributed by atoms with van der Waals surface area (Å²) in [5.74, 6) is -3.50. The number of benzene rings is 1. The third kappa shape index (κ3) is 8.24. The first-order chi connectivity index (χ1) is 21.5. The van der Waals surface area contributed by atoms with Crippen LogP contribution in [-0.4, -0.2) is 58.2 Å². The van der Waals surface area contributed by atoms with Crippen LogP contribution in [0.3, 0.4) is 0 Å². The van der Waals surface area contributed by atoms with Crippen molar-refractivity contribution >= 4 is 23.4 Å². The molecule has 4 rings (SSSR count). The van der Waals surface area contributed by atoms with E-state index in [0.29, 0.717) is 17.1 Å². The largest absolute Gasteiger partial charge is 0.339 e. The molecular weight excluding hydrogens is 590 g/mol. The summed E-state index contributed by atoms with van der Waals surface area (Å²) in [5, 5.41) is 9.91. The molecule has 0 aliphatic heterocycles. The number of carbonyl (C=O) groups is 3. The van der Waals surface area contributed by atoms with E-state index in [4.69, 9.17) is 0 Å². The zero-order valence-electron chi connectivity index (χ0n) is 26.3. The van der Waals surface area contributed by atoms with Gasteiger partial charge in [0, 0.05) is 19.8 Å². The Morgan fingerprint density at radius 3 is 2.11 bits per heavy atom. The van der Waals surface area contributed by atoms with Gasteiger partial charge in [0.1, 0.15) is 17.6 Å². The molecule has 12 heteroatoms. The number of hydrogen-bond acceptors (Lipinski definition) is 4. The number of anilines is 1. The van der Waals surface area contributed by atoms with E-state index in [1.807, 2.05) is 6.92 Å². The highest BCUT2D eigenvalue weighted by molar-refractivity contribution is 6.01. The van der Waals surface area contributed by atoms with E-state index >= 15 is 4.39 Å². The topological polar surface area (TPSA) is 96.3 Å². The van der Waals surface area contributed by atoms with Crippen molar-refractivity contribution in [3.05, 3.63) is 47.5 Å². The van der Waals surface area contributed by atoms with Gasteiger partial charge in [-0.3, -0.25) is 19.1 Å². The molecule has 45 heavy (non-hydrogen) atoms. The Balaban J connectivity index is 1.61. The van der Waals surface area contributed by atoms with Crippen molar-refractivity contribution in [1.29, 1.82) is 0 Å². The second-order valence-corrected chi connectivity index (χ2v) is 12.5. The molecule has 248 valence electrons. The van der Waals surface area contributed by atoms with Crippen LogP contribution in [-0.2, 0) is 16.1 Å². The lowest BCUT2D eigenvalue weighted by molar-refractivity contribution is -0.143. The maximum atomic E-state index is 15.4. The molecule has 0 spiro atoms. The highest BCUT2D eigenvalue weighted by Crippen LogP contribution is 2.42. The molecule has 2 fully saturated rings. The lowest BCUT2D eigenvalue weighted by atomic mass is 9.66. The third-order valence-corrected chi connectivity index (χ3v) is 9.64. The number of amides is 3. The molecule has 1 heterocycles. The number of nitrogens with zero attached hydrogens (tertiary/aromatic N) is 3. The molecule has 3 atom stereocenters. The molecular formula is C33H45F4N5O3. The van der Waals surface area contributed by atoms with Crippen molar-refractivity contribution in [3.8, 4) is 0 Å². The molecule has 2 aliphatic carbocycles. The van der Waals surface area contributed by atoms with Gasteiger partial charge in [0.15, 0.2) is 0 Å². The monoisotopic (exact) mass is 635 g/mol. The Hall–Kier alpha value is -3.44. The zero-order chi connectivity index (χ0) is 32.7. The summed E-state index contributed by atoms with van der Waals surface area (Å²) in [5.41, 5.74) is 0.336. The molecule has 2 saturated carbocycles. The Labute approximate surface area is 262 Å². The zero-order valence-corrected chi connectivity index (χ0v) is 26.3. The van der Waals surface area contributed by atoms with Gasteiger partial charge in [-0.2, -0.15) is 5.10 Å². The Bertz CT molecular complexity index is 1290. The molecule has 1 aromatic carbocycles.